The van der Waals surface area contributed by atoms with Gasteiger partial charge in [-0.1, -0.05) is 47.3 Å². The molecule has 1 N–H and O–H groups in total. The smallest absolute Gasteiger partial charge is 0.264 e. The molecule has 12 heteroatoms. The zero-order valence-corrected chi connectivity index (χ0v) is 26.8. The van der Waals surface area contributed by atoms with Gasteiger partial charge in [-0.25, -0.2) is 12.8 Å². The van der Waals surface area contributed by atoms with Gasteiger partial charge in [0.15, 0.2) is 11.5 Å². The van der Waals surface area contributed by atoms with Gasteiger partial charge in [0.1, 0.15) is 31.6 Å². The molecule has 0 radical (unpaired) electrons. The van der Waals surface area contributed by atoms with Crippen LogP contribution in [-0.4, -0.2) is 57.0 Å². The lowest BCUT2D eigenvalue weighted by atomic mass is 9.95. The molecule has 1 aliphatic carbocycles. The van der Waals surface area contributed by atoms with Gasteiger partial charge in [-0.15, -0.1) is 0 Å². The maximum Gasteiger partial charge on any atom is 0.264 e. The number of hydrogen-bond acceptors (Lipinski definition) is 6. The first kappa shape index (κ1) is 31.8. The number of amides is 2. The van der Waals surface area contributed by atoms with Crippen molar-refractivity contribution in [1.29, 1.82) is 0 Å². The fraction of sp³-hybridized carbons (Fsp3) is 0.375. The van der Waals surface area contributed by atoms with E-state index in [1.54, 1.807) is 6.92 Å². The number of hydrogen-bond donors (Lipinski definition) is 1. The van der Waals surface area contributed by atoms with Crippen molar-refractivity contribution in [2.45, 2.75) is 62.6 Å². The first-order valence-corrected chi connectivity index (χ1v) is 16.9. The summed E-state index contributed by atoms with van der Waals surface area (Å²) in [6, 6.07) is 15.6. The number of sulfonamides is 1. The van der Waals surface area contributed by atoms with Gasteiger partial charge >= 0.3 is 0 Å². The largest absolute Gasteiger partial charge is 0.486 e. The van der Waals surface area contributed by atoms with E-state index in [2.05, 4.69) is 21.2 Å². The van der Waals surface area contributed by atoms with Crippen molar-refractivity contribution in [1.82, 2.24) is 10.2 Å². The van der Waals surface area contributed by atoms with Crippen LogP contribution in [0.2, 0.25) is 0 Å². The van der Waals surface area contributed by atoms with Gasteiger partial charge < -0.3 is 19.7 Å². The van der Waals surface area contributed by atoms with E-state index in [0.29, 0.717) is 12.4 Å². The molecule has 1 fully saturated rings. The van der Waals surface area contributed by atoms with Crippen LogP contribution in [0.3, 0.4) is 0 Å². The molecule has 3 aromatic rings. The molecule has 1 heterocycles. The van der Waals surface area contributed by atoms with Crippen LogP contribution in [-0.2, 0) is 26.2 Å². The van der Waals surface area contributed by atoms with Crippen LogP contribution in [0.15, 0.2) is 76.1 Å². The molecular formula is C32H35BrFN3O6S. The van der Waals surface area contributed by atoms with E-state index in [0.717, 1.165) is 58.6 Å². The number of carbonyl (C=O) groups is 2. The Morgan fingerprint density at radius 3 is 2.39 bits per heavy atom. The maximum absolute atomic E-state index is 14.1. The summed E-state index contributed by atoms with van der Waals surface area (Å²) in [4.78, 5) is 28.9. The molecule has 0 bridgehead atoms. The maximum atomic E-state index is 14.1. The number of rotatable bonds is 10. The van der Waals surface area contributed by atoms with Gasteiger partial charge in [0.25, 0.3) is 10.0 Å². The van der Waals surface area contributed by atoms with E-state index < -0.39 is 34.3 Å². The first-order chi connectivity index (χ1) is 21.1. The number of ether oxygens (including phenoxy) is 2. The highest BCUT2D eigenvalue weighted by molar-refractivity contribution is 9.10. The van der Waals surface area contributed by atoms with Gasteiger partial charge in [-0.05, 0) is 73.9 Å². The monoisotopic (exact) mass is 687 g/mol. The van der Waals surface area contributed by atoms with Gasteiger partial charge in [-0.2, -0.15) is 0 Å². The first-order valence-electron chi connectivity index (χ1n) is 14.6. The molecule has 3 aromatic carbocycles. The number of halogens is 2. The molecule has 1 atom stereocenters. The number of fused-ring (bicyclic) bond motifs is 1. The van der Waals surface area contributed by atoms with Crippen molar-refractivity contribution in [2.24, 2.45) is 0 Å². The minimum absolute atomic E-state index is 0.0350. The van der Waals surface area contributed by atoms with Crippen LogP contribution in [0.5, 0.6) is 11.5 Å². The SMILES string of the molecule is C[C@@H](C(=O)NC1CCCCC1)N(Cc1cccc(Br)c1)C(=O)CN(c1ccc(F)cc1)S(=O)(=O)c1ccc2c(c1)OCCO2. The summed E-state index contributed by atoms with van der Waals surface area (Å²) in [6.45, 7) is 1.69. The highest BCUT2D eigenvalue weighted by Gasteiger charge is 2.34. The van der Waals surface area contributed by atoms with Crippen molar-refractivity contribution in [2.75, 3.05) is 24.1 Å². The highest BCUT2D eigenvalue weighted by Crippen LogP contribution is 2.34. The summed E-state index contributed by atoms with van der Waals surface area (Å²) < 4.78 is 55.0. The number of benzene rings is 3. The number of anilines is 1. The van der Waals surface area contributed by atoms with Gasteiger partial charge in [-0.3, -0.25) is 13.9 Å². The molecule has 1 saturated carbocycles. The predicted molar refractivity (Wildman–Crippen MR) is 168 cm³/mol. The Bertz CT molecular complexity index is 1600. The zero-order chi connectivity index (χ0) is 31.3. The molecule has 2 aliphatic rings. The van der Waals surface area contributed by atoms with Crippen LogP contribution in [0.25, 0.3) is 0 Å². The van der Waals surface area contributed by atoms with Gasteiger partial charge in [0, 0.05) is 23.1 Å². The molecule has 2 amide bonds. The molecule has 44 heavy (non-hydrogen) atoms. The Hall–Kier alpha value is -3.64. The second kappa shape index (κ2) is 14.0. The lowest BCUT2D eigenvalue weighted by Gasteiger charge is -2.33. The third-order valence-electron chi connectivity index (χ3n) is 7.86. The predicted octanol–water partition coefficient (Wildman–Crippen LogP) is 5.42. The van der Waals surface area contributed by atoms with E-state index in [-0.39, 0.29) is 41.4 Å². The summed E-state index contributed by atoms with van der Waals surface area (Å²) in [5, 5.41) is 3.09. The second-order valence-corrected chi connectivity index (χ2v) is 13.7. The molecular weight excluding hydrogens is 653 g/mol. The van der Waals surface area contributed by atoms with Crippen molar-refractivity contribution >= 4 is 43.5 Å². The Labute approximate surface area is 265 Å². The highest BCUT2D eigenvalue weighted by atomic mass is 79.9. The standard InChI is InChI=1S/C32H35BrFN3O6S/c1-22(32(39)35-26-8-3-2-4-9-26)36(20-23-6-5-7-24(33)18-23)31(38)21-37(27-12-10-25(34)11-13-27)44(40,41)28-14-15-29-30(19-28)43-17-16-42-29/h5-7,10-15,18-19,22,26H,2-4,8-9,16-17,20-21H2,1H3,(H,35,39)/t22-/m0/s1. The summed E-state index contributed by atoms with van der Waals surface area (Å²) in [6.07, 6.45) is 4.95. The van der Waals surface area contributed by atoms with E-state index >= 15 is 0 Å². The quantitative estimate of drug-likeness (QED) is 0.305. The fourth-order valence-corrected chi connectivity index (χ4v) is 7.31. The average Bonchev–Trinajstić information content (AvgIpc) is 3.02. The Balaban J connectivity index is 1.47. The van der Waals surface area contributed by atoms with Crippen LogP contribution in [0, 0.1) is 5.82 Å². The normalized spacial score (nSPS) is 15.7. The fourth-order valence-electron chi connectivity index (χ4n) is 5.43. The van der Waals surface area contributed by atoms with Gasteiger partial charge in [0.2, 0.25) is 11.8 Å². The van der Waals surface area contributed by atoms with Crippen molar-refractivity contribution in [3.8, 4) is 11.5 Å². The molecule has 0 aromatic heterocycles. The Morgan fingerprint density at radius 1 is 0.977 bits per heavy atom. The molecule has 0 spiro atoms. The third-order valence-corrected chi connectivity index (χ3v) is 10.1. The summed E-state index contributed by atoms with van der Waals surface area (Å²) >= 11 is 3.46. The van der Waals surface area contributed by atoms with Crippen molar-refractivity contribution in [3.05, 3.63) is 82.6 Å². The van der Waals surface area contributed by atoms with Crippen LogP contribution >= 0.6 is 15.9 Å². The van der Waals surface area contributed by atoms with E-state index in [4.69, 9.17) is 9.47 Å². The number of nitrogens with one attached hydrogen (secondary N) is 1. The Kier molecular flexibility index (Phi) is 10.1. The lowest BCUT2D eigenvalue weighted by Crippen LogP contribution is -2.53. The molecule has 0 saturated heterocycles. The second-order valence-electron chi connectivity index (χ2n) is 11.0. The summed E-state index contributed by atoms with van der Waals surface area (Å²) in [7, 11) is -4.36. The van der Waals surface area contributed by atoms with Crippen molar-refractivity contribution in [3.63, 3.8) is 0 Å². The minimum Gasteiger partial charge on any atom is -0.486 e. The molecule has 1 aliphatic heterocycles. The number of nitrogens with zero attached hydrogens (tertiary/aromatic N) is 2. The molecule has 5 rings (SSSR count). The summed E-state index contributed by atoms with van der Waals surface area (Å²) in [5.74, 6) is -0.768. The van der Waals surface area contributed by atoms with E-state index in [9.17, 15) is 22.4 Å². The number of carbonyl (C=O) groups excluding carboxylic acids is 2. The van der Waals surface area contributed by atoms with E-state index in [1.807, 2.05) is 24.3 Å². The molecule has 234 valence electrons. The lowest BCUT2D eigenvalue weighted by molar-refractivity contribution is -0.139. The van der Waals surface area contributed by atoms with E-state index in [1.165, 1.54) is 35.2 Å². The minimum atomic E-state index is -4.36. The topological polar surface area (TPSA) is 105 Å². The summed E-state index contributed by atoms with van der Waals surface area (Å²) in [5.41, 5.74) is 0.851. The average molecular weight is 689 g/mol. The van der Waals surface area contributed by atoms with Crippen LogP contribution in [0.4, 0.5) is 10.1 Å². The van der Waals surface area contributed by atoms with Crippen LogP contribution < -0.4 is 19.1 Å². The van der Waals surface area contributed by atoms with Crippen molar-refractivity contribution < 1.29 is 31.9 Å². The third kappa shape index (κ3) is 7.52. The zero-order valence-electron chi connectivity index (χ0n) is 24.4. The Morgan fingerprint density at radius 2 is 1.68 bits per heavy atom. The molecule has 9 nitrogen and oxygen atoms in total. The van der Waals surface area contributed by atoms with Gasteiger partial charge in [0.05, 0.1) is 10.6 Å². The van der Waals surface area contributed by atoms with Crippen LogP contribution in [0.1, 0.15) is 44.6 Å². The molecule has 0 unspecified atom stereocenters.